The molecule has 7 nitrogen and oxygen atoms in total. The second-order valence-corrected chi connectivity index (χ2v) is 8.19. The smallest absolute Gasteiger partial charge is 0.408 e. The summed E-state index contributed by atoms with van der Waals surface area (Å²) < 4.78 is 59.3. The fourth-order valence-corrected chi connectivity index (χ4v) is 3.80. The Morgan fingerprint density at radius 3 is 2.53 bits per heavy atom. The molecule has 1 fully saturated rings. The van der Waals surface area contributed by atoms with Gasteiger partial charge >= 0.3 is 6.18 Å². The number of benzene rings is 2. The first-order valence-electron chi connectivity index (χ1n) is 10.9. The van der Waals surface area contributed by atoms with Gasteiger partial charge in [0, 0.05) is 6.20 Å². The van der Waals surface area contributed by atoms with Crippen LogP contribution in [0.15, 0.2) is 65.7 Å². The van der Waals surface area contributed by atoms with E-state index in [0.29, 0.717) is 16.9 Å². The Morgan fingerprint density at radius 1 is 1.19 bits per heavy atom. The molecular weight excluding hydrogens is 478 g/mol. The van der Waals surface area contributed by atoms with Crippen LogP contribution >= 0.6 is 0 Å². The number of hydrogen-bond donors (Lipinski definition) is 1. The van der Waals surface area contributed by atoms with Crippen molar-refractivity contribution in [3.8, 4) is 11.4 Å². The Balaban J connectivity index is 1.69. The minimum atomic E-state index is -4.55. The third kappa shape index (κ3) is 5.40. The topological polar surface area (TPSA) is 71.8 Å². The molecule has 0 spiro atoms. The summed E-state index contributed by atoms with van der Waals surface area (Å²) in [5.74, 6) is -0.764. The number of hydrogen-bond acceptors (Lipinski definition) is 4. The number of amides is 1. The summed E-state index contributed by atoms with van der Waals surface area (Å²) in [5.41, 5.74) is 2.71. The number of ether oxygens (including phenoxy) is 1. The summed E-state index contributed by atoms with van der Waals surface area (Å²) in [4.78, 5) is 22.2. The monoisotopic (exact) mass is 501 g/mol. The van der Waals surface area contributed by atoms with Crippen LogP contribution in [0, 0.1) is 12.7 Å². The lowest BCUT2D eigenvalue weighted by Gasteiger charge is -2.24. The van der Waals surface area contributed by atoms with Crippen molar-refractivity contribution in [2.24, 2.45) is 4.99 Å². The molecule has 0 saturated carbocycles. The van der Waals surface area contributed by atoms with Gasteiger partial charge in [-0.25, -0.2) is 14.4 Å². The molecule has 1 aliphatic rings. The summed E-state index contributed by atoms with van der Waals surface area (Å²) in [6, 6.07) is 9.90. The van der Waals surface area contributed by atoms with Gasteiger partial charge in [0.15, 0.2) is 0 Å². The average molecular weight is 501 g/mol. The number of nitrogens with one attached hydrogen (secondary N) is 1. The summed E-state index contributed by atoms with van der Waals surface area (Å²) in [6.07, 6.45) is 0.430. The van der Waals surface area contributed by atoms with E-state index in [1.807, 2.05) is 13.1 Å². The molecule has 1 atom stereocenters. The Labute approximate surface area is 204 Å². The van der Waals surface area contributed by atoms with Crippen LogP contribution in [-0.4, -0.2) is 46.1 Å². The van der Waals surface area contributed by atoms with Crippen LogP contribution in [0.5, 0.6) is 5.75 Å². The molecule has 1 amide bonds. The summed E-state index contributed by atoms with van der Waals surface area (Å²) in [7, 11) is 1.51. The molecule has 0 unspecified atom stereocenters. The van der Waals surface area contributed by atoms with Gasteiger partial charge in [-0.05, 0) is 55.3 Å². The van der Waals surface area contributed by atoms with Gasteiger partial charge in [-0.3, -0.25) is 9.69 Å². The van der Waals surface area contributed by atoms with Crippen molar-refractivity contribution in [3.05, 3.63) is 83.3 Å². The number of rotatable bonds is 6. The van der Waals surface area contributed by atoms with Gasteiger partial charge < -0.3 is 14.6 Å². The van der Waals surface area contributed by atoms with Crippen molar-refractivity contribution in [3.63, 3.8) is 0 Å². The molecule has 1 aromatic heterocycles. The maximum Gasteiger partial charge on any atom is 0.408 e. The molecule has 0 radical (unpaired) electrons. The normalized spacial score (nSPS) is 17.1. The summed E-state index contributed by atoms with van der Waals surface area (Å²) in [5, 5.41) is 2.72. The fourth-order valence-electron chi connectivity index (χ4n) is 3.80. The molecule has 0 bridgehead atoms. The van der Waals surface area contributed by atoms with Crippen LogP contribution in [0.25, 0.3) is 11.8 Å². The largest absolute Gasteiger partial charge is 0.495 e. The van der Waals surface area contributed by atoms with Crippen molar-refractivity contribution in [1.82, 2.24) is 19.8 Å². The van der Waals surface area contributed by atoms with Gasteiger partial charge in [0.2, 0.25) is 5.96 Å². The molecule has 36 heavy (non-hydrogen) atoms. The number of aliphatic imine (C=N–C) groups is 1. The predicted molar refractivity (Wildman–Crippen MR) is 126 cm³/mol. The van der Waals surface area contributed by atoms with Crippen LogP contribution < -0.4 is 10.1 Å². The van der Waals surface area contributed by atoms with Crippen LogP contribution in [-0.2, 0) is 4.79 Å². The Kier molecular flexibility index (Phi) is 6.82. The van der Waals surface area contributed by atoms with Crippen molar-refractivity contribution in [2.45, 2.75) is 26.1 Å². The SMILES string of the molecule is COc1cc(/C=C2\N/C(=N\CC(F)(F)F)N([C@H](C)c3ccc(F)cc3)C2=O)ccc1-n1cnc(C)c1. The van der Waals surface area contributed by atoms with Gasteiger partial charge in [0.05, 0.1) is 30.9 Å². The van der Waals surface area contributed by atoms with E-state index in [2.05, 4.69) is 15.3 Å². The number of methoxy groups -OCH3 is 1. The van der Waals surface area contributed by atoms with Crippen LogP contribution in [0.1, 0.15) is 29.8 Å². The minimum Gasteiger partial charge on any atom is -0.495 e. The van der Waals surface area contributed by atoms with Crippen LogP contribution in [0.2, 0.25) is 0 Å². The molecule has 0 aliphatic carbocycles. The van der Waals surface area contributed by atoms with Crippen LogP contribution in [0.4, 0.5) is 17.6 Å². The number of nitrogens with zero attached hydrogens (tertiary/aromatic N) is 4. The highest BCUT2D eigenvalue weighted by Crippen LogP contribution is 2.29. The number of imidazole rings is 1. The second-order valence-electron chi connectivity index (χ2n) is 8.19. The molecule has 1 N–H and O–H groups in total. The molecule has 2 aromatic carbocycles. The summed E-state index contributed by atoms with van der Waals surface area (Å²) in [6.45, 7) is 2.02. The number of aryl methyl sites for hydroxylation is 1. The number of alkyl halides is 3. The molecule has 11 heteroatoms. The Hall–Kier alpha value is -4.15. The van der Waals surface area contributed by atoms with Gasteiger partial charge in [0.1, 0.15) is 23.8 Å². The zero-order chi connectivity index (χ0) is 26.0. The van der Waals surface area contributed by atoms with Gasteiger partial charge in [-0.2, -0.15) is 13.2 Å². The van der Waals surface area contributed by atoms with Gasteiger partial charge in [0.25, 0.3) is 5.91 Å². The molecule has 2 heterocycles. The molecule has 3 aromatic rings. The number of halogens is 4. The molecule has 1 aliphatic heterocycles. The second kappa shape index (κ2) is 9.84. The van der Waals surface area contributed by atoms with Crippen molar-refractivity contribution < 1.29 is 27.1 Å². The molecular formula is C25H23F4N5O2. The molecule has 4 rings (SSSR count). The molecule has 188 valence electrons. The van der Waals surface area contributed by atoms with Crippen molar-refractivity contribution >= 4 is 17.9 Å². The van der Waals surface area contributed by atoms with E-state index in [1.54, 1.807) is 36.0 Å². The zero-order valence-electron chi connectivity index (χ0n) is 19.7. The van der Waals surface area contributed by atoms with Crippen LogP contribution in [0.3, 0.4) is 0 Å². The maximum absolute atomic E-state index is 13.4. The number of carbonyl (C=O) groups excluding carboxylic acids is 1. The van der Waals surface area contributed by atoms with E-state index < -0.39 is 30.5 Å². The van der Waals surface area contributed by atoms with E-state index in [9.17, 15) is 22.4 Å². The van der Waals surface area contributed by atoms with Gasteiger partial charge in [-0.15, -0.1) is 0 Å². The number of aromatic nitrogens is 2. The third-order valence-electron chi connectivity index (χ3n) is 5.58. The minimum absolute atomic E-state index is 0.0400. The van der Waals surface area contributed by atoms with Gasteiger partial charge in [-0.1, -0.05) is 18.2 Å². The standard InChI is InChI=1S/C25H23F4N5O2/c1-15-12-33(14-31-15)21-9-4-17(11-22(21)36-3)10-20-23(35)34(24(32-20)30-13-25(27,28)29)16(2)18-5-7-19(26)8-6-18/h4-12,14,16H,13H2,1-3H3,(H,30,32)/b20-10-/t16-/m1/s1. The quantitative estimate of drug-likeness (QED) is 0.390. The van der Waals surface area contributed by atoms with Crippen molar-refractivity contribution in [2.75, 3.05) is 13.7 Å². The van der Waals surface area contributed by atoms with E-state index in [0.717, 1.165) is 16.3 Å². The number of carbonyl (C=O) groups is 1. The zero-order valence-corrected chi connectivity index (χ0v) is 19.7. The maximum atomic E-state index is 13.4. The first kappa shape index (κ1) is 25.0. The van der Waals surface area contributed by atoms with E-state index >= 15 is 0 Å². The fraction of sp³-hybridized carbons (Fsp3) is 0.240. The van der Waals surface area contributed by atoms with Crippen molar-refractivity contribution in [1.29, 1.82) is 0 Å². The Morgan fingerprint density at radius 2 is 1.92 bits per heavy atom. The lowest BCUT2D eigenvalue weighted by atomic mass is 10.1. The molecule has 1 saturated heterocycles. The van der Waals surface area contributed by atoms with E-state index in [-0.39, 0.29) is 11.7 Å². The lowest BCUT2D eigenvalue weighted by Crippen LogP contribution is -2.35. The highest BCUT2D eigenvalue weighted by atomic mass is 19.4. The first-order chi connectivity index (χ1) is 17.1. The average Bonchev–Trinajstić information content (AvgIpc) is 3.40. The van der Waals surface area contributed by atoms with E-state index in [1.165, 1.54) is 37.5 Å². The Bertz CT molecular complexity index is 1330. The van der Waals surface area contributed by atoms with E-state index in [4.69, 9.17) is 4.74 Å². The number of guanidine groups is 1. The third-order valence-corrected chi connectivity index (χ3v) is 5.58. The highest BCUT2D eigenvalue weighted by Gasteiger charge is 2.37. The highest BCUT2D eigenvalue weighted by molar-refractivity contribution is 6.15. The summed E-state index contributed by atoms with van der Waals surface area (Å²) >= 11 is 0. The first-order valence-corrected chi connectivity index (χ1v) is 10.9. The predicted octanol–water partition coefficient (Wildman–Crippen LogP) is 4.78. The lowest BCUT2D eigenvalue weighted by molar-refractivity contribution is -0.124.